The van der Waals surface area contributed by atoms with Gasteiger partial charge in [0.25, 0.3) is 0 Å². The molecule has 11 heteroatoms. The molecule has 1 aromatic carbocycles. The first-order chi connectivity index (χ1) is 17.0. The maximum absolute atomic E-state index is 14.6. The molecule has 35 heavy (non-hydrogen) atoms. The molecule has 1 aliphatic carbocycles. The summed E-state index contributed by atoms with van der Waals surface area (Å²) < 4.78 is 49.5. The quantitative estimate of drug-likeness (QED) is 0.566. The molecule has 1 saturated heterocycles. The fraction of sp³-hybridized carbons (Fsp3) is 0.500. The van der Waals surface area contributed by atoms with Crippen LogP contribution in [0.3, 0.4) is 0 Å². The second kappa shape index (κ2) is 8.78. The van der Waals surface area contributed by atoms with E-state index >= 15 is 0 Å². The van der Waals surface area contributed by atoms with E-state index in [4.69, 9.17) is 4.74 Å². The van der Waals surface area contributed by atoms with Gasteiger partial charge >= 0.3 is 0 Å². The molecular weight excluding hydrogens is 459 g/mol. The second-order valence-electron chi connectivity index (χ2n) is 9.58. The number of hydrogen-bond donors (Lipinski definition) is 1. The van der Waals surface area contributed by atoms with Gasteiger partial charge in [0.2, 0.25) is 5.95 Å². The van der Waals surface area contributed by atoms with Gasteiger partial charge in [0, 0.05) is 49.6 Å². The molecule has 3 aliphatic rings. The van der Waals surface area contributed by atoms with Gasteiger partial charge in [-0.3, -0.25) is 0 Å². The number of hydrogen-bond acceptors (Lipinski definition) is 7. The standard InChI is InChI=1S/C24H26F3N7O/c1-13-9-18(29-12-28-13)33-10-14-3-4-15(11-33)21(14)30-24-31-23-22(35-8-2-7-34(23)32-24)16-5-6-17(25)20(27)19(16)26/h5-6,9,12,14-15,21-22H,2-4,7-8,10-11H2,1H3,(H,30,32)/t14-,15+,21-,22-/m0/s1. The minimum absolute atomic E-state index is 0.0838. The van der Waals surface area contributed by atoms with Gasteiger partial charge in [0.1, 0.15) is 18.2 Å². The Labute approximate surface area is 200 Å². The number of nitrogens with zero attached hydrogens (tertiary/aromatic N) is 6. The zero-order valence-electron chi connectivity index (χ0n) is 19.3. The number of aryl methyl sites for hydroxylation is 2. The summed E-state index contributed by atoms with van der Waals surface area (Å²) in [5.74, 6) is -1.40. The van der Waals surface area contributed by atoms with E-state index in [0.29, 0.717) is 43.2 Å². The molecule has 1 N–H and O–H groups in total. The largest absolute Gasteiger partial charge is 0.365 e. The third-order valence-electron chi connectivity index (χ3n) is 7.32. The molecular formula is C24H26F3N7O. The number of piperidine rings is 1. The highest BCUT2D eigenvalue weighted by Gasteiger charge is 2.43. The number of aromatic nitrogens is 5. The van der Waals surface area contributed by atoms with Crippen molar-refractivity contribution in [1.82, 2.24) is 24.7 Å². The van der Waals surface area contributed by atoms with E-state index in [-0.39, 0.29) is 11.6 Å². The van der Waals surface area contributed by atoms with Crippen LogP contribution in [0, 0.1) is 36.2 Å². The van der Waals surface area contributed by atoms with E-state index in [1.165, 1.54) is 6.07 Å². The Balaban J connectivity index is 1.24. The maximum Gasteiger partial charge on any atom is 0.242 e. The van der Waals surface area contributed by atoms with Crippen LogP contribution in [0.2, 0.25) is 0 Å². The number of nitrogens with one attached hydrogen (secondary N) is 1. The van der Waals surface area contributed by atoms with Crippen molar-refractivity contribution in [2.24, 2.45) is 11.8 Å². The van der Waals surface area contributed by atoms with E-state index in [2.05, 4.69) is 30.3 Å². The molecule has 4 atom stereocenters. The van der Waals surface area contributed by atoms with Crippen molar-refractivity contribution in [3.05, 3.63) is 59.1 Å². The molecule has 2 aliphatic heterocycles. The Bertz CT molecular complexity index is 1240. The first kappa shape index (κ1) is 22.3. The van der Waals surface area contributed by atoms with Crippen LogP contribution in [0.25, 0.3) is 0 Å². The lowest BCUT2D eigenvalue weighted by Crippen LogP contribution is -2.48. The molecule has 8 nitrogen and oxygen atoms in total. The van der Waals surface area contributed by atoms with E-state index in [1.807, 2.05) is 13.0 Å². The third kappa shape index (κ3) is 4.01. The van der Waals surface area contributed by atoms with E-state index < -0.39 is 23.6 Å². The molecule has 2 fully saturated rings. The van der Waals surface area contributed by atoms with Crippen LogP contribution in [0.1, 0.15) is 42.4 Å². The lowest BCUT2D eigenvalue weighted by Gasteiger charge is -2.38. The molecule has 1 saturated carbocycles. The van der Waals surface area contributed by atoms with Gasteiger partial charge in [0.15, 0.2) is 23.3 Å². The summed E-state index contributed by atoms with van der Waals surface area (Å²) in [6.45, 7) is 4.60. The molecule has 184 valence electrons. The predicted octanol–water partition coefficient (Wildman–Crippen LogP) is 3.63. The topological polar surface area (TPSA) is 81.0 Å². The molecule has 6 rings (SSSR count). The number of ether oxygens (including phenoxy) is 1. The first-order valence-corrected chi connectivity index (χ1v) is 12.0. The fourth-order valence-corrected chi connectivity index (χ4v) is 5.64. The summed E-state index contributed by atoms with van der Waals surface area (Å²) in [6, 6.07) is 4.34. The molecule has 3 aromatic rings. The number of fused-ring (bicyclic) bond motifs is 3. The highest BCUT2D eigenvalue weighted by Crippen LogP contribution is 2.40. The summed E-state index contributed by atoms with van der Waals surface area (Å²) in [7, 11) is 0. The van der Waals surface area contributed by atoms with Crippen molar-refractivity contribution in [2.45, 2.75) is 44.9 Å². The average Bonchev–Trinajstić information content (AvgIpc) is 3.25. The molecule has 0 spiro atoms. The summed E-state index contributed by atoms with van der Waals surface area (Å²) in [5.41, 5.74) is 0.861. The zero-order valence-corrected chi connectivity index (χ0v) is 19.3. The highest BCUT2D eigenvalue weighted by atomic mass is 19.2. The van der Waals surface area contributed by atoms with Crippen LogP contribution in [-0.4, -0.2) is 50.5 Å². The van der Waals surface area contributed by atoms with Crippen LogP contribution < -0.4 is 10.2 Å². The normalized spacial score (nSPS) is 25.9. The fourth-order valence-electron chi connectivity index (χ4n) is 5.64. The highest BCUT2D eigenvalue weighted by molar-refractivity contribution is 5.42. The summed E-state index contributed by atoms with van der Waals surface area (Å²) >= 11 is 0. The van der Waals surface area contributed by atoms with E-state index in [0.717, 1.165) is 43.5 Å². The van der Waals surface area contributed by atoms with Crippen molar-refractivity contribution in [3.8, 4) is 0 Å². The lowest BCUT2D eigenvalue weighted by atomic mass is 9.92. The Hall–Kier alpha value is -3.21. The number of halogens is 3. The molecule has 4 heterocycles. The Kier molecular flexibility index (Phi) is 5.58. The minimum atomic E-state index is -1.51. The van der Waals surface area contributed by atoms with Gasteiger partial charge in [0.05, 0.1) is 0 Å². The SMILES string of the molecule is Cc1cc(N2C[C@H]3CC[C@@H](C2)[C@@H]3Nc2nc3n(n2)CCCO[C@H]3c2ccc(F)c(F)c2F)ncn1. The zero-order chi connectivity index (χ0) is 24.1. The van der Waals surface area contributed by atoms with Gasteiger partial charge in [-0.1, -0.05) is 0 Å². The monoisotopic (exact) mass is 485 g/mol. The first-order valence-electron chi connectivity index (χ1n) is 12.0. The van der Waals surface area contributed by atoms with Crippen molar-refractivity contribution in [1.29, 1.82) is 0 Å². The molecule has 0 unspecified atom stereocenters. The number of anilines is 2. The molecule has 2 bridgehead atoms. The Morgan fingerprint density at radius 3 is 2.63 bits per heavy atom. The van der Waals surface area contributed by atoms with Crippen molar-refractivity contribution in [2.75, 3.05) is 29.9 Å². The summed E-state index contributed by atoms with van der Waals surface area (Å²) in [5, 5.41) is 8.15. The van der Waals surface area contributed by atoms with Crippen LogP contribution in [0.15, 0.2) is 24.5 Å². The predicted molar refractivity (Wildman–Crippen MR) is 121 cm³/mol. The van der Waals surface area contributed by atoms with E-state index in [9.17, 15) is 13.2 Å². The van der Waals surface area contributed by atoms with Crippen LogP contribution in [0.5, 0.6) is 0 Å². The number of rotatable bonds is 4. The minimum Gasteiger partial charge on any atom is -0.365 e. The molecule has 0 amide bonds. The van der Waals surface area contributed by atoms with Crippen molar-refractivity contribution < 1.29 is 17.9 Å². The van der Waals surface area contributed by atoms with Crippen molar-refractivity contribution in [3.63, 3.8) is 0 Å². The number of benzene rings is 1. The maximum atomic E-state index is 14.6. The van der Waals surface area contributed by atoms with Crippen LogP contribution in [0.4, 0.5) is 24.9 Å². The van der Waals surface area contributed by atoms with Gasteiger partial charge in [-0.25, -0.2) is 27.8 Å². The van der Waals surface area contributed by atoms with Crippen LogP contribution in [-0.2, 0) is 11.3 Å². The average molecular weight is 486 g/mol. The van der Waals surface area contributed by atoms with Gasteiger partial charge in [-0.2, -0.15) is 4.98 Å². The Morgan fingerprint density at radius 1 is 1.06 bits per heavy atom. The van der Waals surface area contributed by atoms with Gasteiger partial charge in [-0.15, -0.1) is 5.10 Å². The van der Waals surface area contributed by atoms with Gasteiger partial charge in [-0.05, 0) is 50.2 Å². The van der Waals surface area contributed by atoms with Gasteiger partial charge < -0.3 is 15.0 Å². The molecule has 0 radical (unpaired) electrons. The molecule has 2 aromatic heterocycles. The smallest absolute Gasteiger partial charge is 0.242 e. The van der Waals surface area contributed by atoms with E-state index in [1.54, 1.807) is 11.0 Å². The second-order valence-corrected chi connectivity index (χ2v) is 9.58. The van der Waals surface area contributed by atoms with Crippen LogP contribution >= 0.6 is 0 Å². The van der Waals surface area contributed by atoms with Crippen molar-refractivity contribution >= 4 is 11.8 Å². The summed E-state index contributed by atoms with van der Waals surface area (Å²) in [4.78, 5) is 15.6. The lowest BCUT2D eigenvalue weighted by molar-refractivity contribution is 0.0780. The Morgan fingerprint density at radius 2 is 1.86 bits per heavy atom. The third-order valence-corrected chi connectivity index (χ3v) is 7.32. The summed E-state index contributed by atoms with van der Waals surface area (Å²) in [6.07, 6.45) is 3.49.